The lowest BCUT2D eigenvalue weighted by Gasteiger charge is -2.19. The Kier molecular flexibility index (Phi) is 29.7. The Bertz CT molecular complexity index is 1230. The average molecular weight is 609 g/mol. The minimum Gasteiger partial charge on any atom is -0.103 e. The van der Waals surface area contributed by atoms with Crippen molar-refractivity contribution >= 4 is 5.57 Å². The average Bonchev–Trinajstić information content (AvgIpc) is 3.05. The number of allylic oxidation sites excluding steroid dienone is 3. The topological polar surface area (TPSA) is 0 Å². The summed E-state index contributed by atoms with van der Waals surface area (Å²) < 4.78 is 0. The van der Waals surface area contributed by atoms with E-state index in [-0.39, 0.29) is 5.41 Å². The van der Waals surface area contributed by atoms with Crippen LogP contribution in [-0.2, 0) is 11.8 Å². The predicted molar refractivity (Wildman–Crippen MR) is 210 cm³/mol. The third-order valence-corrected chi connectivity index (χ3v) is 6.39. The maximum Gasteiger partial charge on any atom is 0.0280 e. The molecule has 0 fully saturated rings. The summed E-state index contributed by atoms with van der Waals surface area (Å²) in [5.41, 5.74) is 10.00. The molecule has 0 unspecified atom stereocenters. The van der Waals surface area contributed by atoms with Crippen molar-refractivity contribution in [3.63, 3.8) is 0 Å². The molecule has 0 nitrogen and oxygen atoms in total. The molecular weight excluding hydrogens is 540 g/mol. The lowest BCUT2D eigenvalue weighted by atomic mass is 9.86. The monoisotopic (exact) mass is 609 g/mol. The Labute approximate surface area is 281 Å². The molecule has 0 amide bonds. The first kappa shape index (κ1) is 45.9. The van der Waals surface area contributed by atoms with Gasteiger partial charge < -0.3 is 0 Å². The van der Waals surface area contributed by atoms with Crippen LogP contribution in [-0.4, -0.2) is 0 Å². The number of benzene rings is 3. The zero-order valence-corrected chi connectivity index (χ0v) is 31.7. The van der Waals surface area contributed by atoms with Crippen molar-refractivity contribution < 1.29 is 0 Å². The molecule has 3 aromatic carbocycles. The second-order valence-corrected chi connectivity index (χ2v) is 11.5. The Morgan fingerprint density at radius 3 is 1.56 bits per heavy atom. The van der Waals surface area contributed by atoms with Gasteiger partial charge in [0, 0.05) is 11.1 Å². The molecule has 0 saturated heterocycles. The maximum atomic E-state index is 3.92. The zero-order chi connectivity index (χ0) is 35.3. The van der Waals surface area contributed by atoms with E-state index in [1.807, 2.05) is 65.8 Å². The molecule has 0 aromatic heterocycles. The highest BCUT2D eigenvalue weighted by molar-refractivity contribution is 5.61. The summed E-state index contributed by atoms with van der Waals surface area (Å²) in [6.07, 6.45) is 7.73. The van der Waals surface area contributed by atoms with Crippen LogP contribution in [0.2, 0.25) is 0 Å². The second kappa shape index (κ2) is 29.2. The van der Waals surface area contributed by atoms with Crippen molar-refractivity contribution in [1.29, 1.82) is 0 Å². The van der Waals surface area contributed by atoms with Gasteiger partial charge in [-0.1, -0.05) is 178 Å². The molecule has 0 heterocycles. The van der Waals surface area contributed by atoms with Crippen molar-refractivity contribution in [2.24, 2.45) is 0 Å². The fraction of sp³-hybridized carbons (Fsp3) is 0.422. The van der Waals surface area contributed by atoms with Crippen molar-refractivity contribution in [3.05, 3.63) is 138 Å². The third kappa shape index (κ3) is 23.5. The van der Waals surface area contributed by atoms with Crippen molar-refractivity contribution in [2.75, 3.05) is 0 Å². The Hall–Kier alpha value is -3.56. The minimum atomic E-state index is 0.244. The maximum absolute atomic E-state index is 3.92. The van der Waals surface area contributed by atoms with Crippen LogP contribution in [0, 0.1) is 18.8 Å². The summed E-state index contributed by atoms with van der Waals surface area (Å²) in [6, 6.07) is 25.2. The quantitative estimate of drug-likeness (QED) is 0.193. The highest BCUT2D eigenvalue weighted by atomic mass is 14.2. The molecule has 0 N–H and O–H groups in total. The smallest absolute Gasteiger partial charge is 0.0280 e. The molecule has 0 aliphatic heterocycles. The summed E-state index contributed by atoms with van der Waals surface area (Å²) in [5, 5.41) is 0. The Morgan fingerprint density at radius 1 is 0.711 bits per heavy atom. The molecule has 248 valence electrons. The van der Waals surface area contributed by atoms with Gasteiger partial charge in [-0.05, 0) is 79.8 Å². The van der Waals surface area contributed by atoms with Crippen LogP contribution in [0.5, 0.6) is 0 Å². The highest BCUT2D eigenvalue weighted by Crippen LogP contribution is 2.23. The molecule has 3 aromatic rings. The van der Waals surface area contributed by atoms with Gasteiger partial charge in [0.1, 0.15) is 0 Å². The molecule has 3 rings (SSSR count). The Balaban J connectivity index is -0.000000557. The summed E-state index contributed by atoms with van der Waals surface area (Å²) in [7, 11) is 0. The first-order valence-electron chi connectivity index (χ1n) is 17.1. The highest BCUT2D eigenvalue weighted by Gasteiger charge is 2.12. The van der Waals surface area contributed by atoms with Crippen LogP contribution in [0.1, 0.15) is 142 Å². The van der Waals surface area contributed by atoms with Gasteiger partial charge >= 0.3 is 0 Å². The molecule has 0 heteroatoms. The van der Waals surface area contributed by atoms with Gasteiger partial charge in [0.05, 0.1) is 0 Å². The summed E-state index contributed by atoms with van der Waals surface area (Å²) in [5.74, 6) is 6.53. The number of aryl methyl sites for hydroxylation is 2. The van der Waals surface area contributed by atoms with Gasteiger partial charge in [0.15, 0.2) is 0 Å². The standard InChI is InChI=1S/C17H16.C13H18.C7H12.C4H10.2C2H6/c1-3-15-9-6-7-11-17(15)13-12-16-10-5-4-8-14(16)2;1-10(2)11-6-8-12(9-7-11)13(3,4)5;1-4-5-6-7(2)3;1-3-4-2;2*1-2/h4-11H,3H2,1-2H3;6-9H,1H2,2-5H3;4H,1-2,5-6H2,3H3;3-4H2,1-2H3;2*1-2H3. The van der Waals surface area contributed by atoms with Crippen LogP contribution in [0.25, 0.3) is 5.57 Å². The van der Waals surface area contributed by atoms with E-state index in [0.717, 1.165) is 36.0 Å². The number of rotatable bonds is 6. The molecule has 0 aliphatic rings. The molecule has 0 radical (unpaired) electrons. The minimum absolute atomic E-state index is 0.244. The van der Waals surface area contributed by atoms with Gasteiger partial charge in [-0.3, -0.25) is 0 Å². The predicted octanol–water partition coefficient (Wildman–Crippen LogP) is 14.4. The first-order valence-corrected chi connectivity index (χ1v) is 17.1. The van der Waals surface area contributed by atoms with Crippen LogP contribution in [0.4, 0.5) is 0 Å². The summed E-state index contributed by atoms with van der Waals surface area (Å²) in [4.78, 5) is 0. The number of hydrogen-bond acceptors (Lipinski definition) is 0. The van der Waals surface area contributed by atoms with Crippen LogP contribution >= 0.6 is 0 Å². The van der Waals surface area contributed by atoms with E-state index in [2.05, 4.69) is 135 Å². The van der Waals surface area contributed by atoms with E-state index in [4.69, 9.17) is 0 Å². The SMILES string of the molecule is C=C(C)c1ccc(C(C)(C)C)cc1.C=CCCC(=C)C.CC.CC.CCCC.CCc1ccccc1C#Cc1ccccc1C. The van der Waals surface area contributed by atoms with E-state index in [1.54, 1.807) is 0 Å². The van der Waals surface area contributed by atoms with Crippen molar-refractivity contribution in [2.45, 2.75) is 128 Å². The van der Waals surface area contributed by atoms with Crippen molar-refractivity contribution in [3.8, 4) is 11.8 Å². The second-order valence-electron chi connectivity index (χ2n) is 11.5. The Morgan fingerprint density at radius 2 is 1.18 bits per heavy atom. The van der Waals surface area contributed by atoms with E-state index in [9.17, 15) is 0 Å². The molecule has 0 atom stereocenters. The van der Waals surface area contributed by atoms with E-state index in [1.165, 1.54) is 40.7 Å². The molecule has 0 bridgehead atoms. The van der Waals surface area contributed by atoms with Gasteiger partial charge in [-0.2, -0.15) is 0 Å². The van der Waals surface area contributed by atoms with E-state index in [0.29, 0.717) is 0 Å². The van der Waals surface area contributed by atoms with E-state index >= 15 is 0 Å². The molecule has 0 saturated carbocycles. The van der Waals surface area contributed by atoms with Gasteiger partial charge in [0.2, 0.25) is 0 Å². The van der Waals surface area contributed by atoms with Gasteiger partial charge in [0.25, 0.3) is 0 Å². The van der Waals surface area contributed by atoms with Gasteiger partial charge in [-0.25, -0.2) is 0 Å². The zero-order valence-electron chi connectivity index (χ0n) is 31.7. The van der Waals surface area contributed by atoms with E-state index < -0.39 is 0 Å². The molecule has 0 spiro atoms. The fourth-order valence-corrected chi connectivity index (χ4v) is 3.40. The normalized spacial score (nSPS) is 9.09. The largest absolute Gasteiger partial charge is 0.103 e. The van der Waals surface area contributed by atoms with Crippen LogP contribution in [0.15, 0.2) is 104 Å². The lowest BCUT2D eigenvalue weighted by molar-refractivity contribution is 0.590. The van der Waals surface area contributed by atoms with Crippen LogP contribution < -0.4 is 0 Å². The van der Waals surface area contributed by atoms with Crippen LogP contribution in [0.3, 0.4) is 0 Å². The summed E-state index contributed by atoms with van der Waals surface area (Å²) >= 11 is 0. The van der Waals surface area contributed by atoms with Crippen molar-refractivity contribution in [1.82, 2.24) is 0 Å². The molecule has 0 aliphatic carbocycles. The van der Waals surface area contributed by atoms with Gasteiger partial charge in [-0.15, -0.1) is 13.2 Å². The molecule has 45 heavy (non-hydrogen) atoms. The number of unbranched alkanes of at least 4 members (excludes halogenated alkanes) is 1. The molecular formula is C45H68. The summed E-state index contributed by atoms with van der Waals surface area (Å²) in [6.45, 7) is 38.6. The lowest BCUT2D eigenvalue weighted by Crippen LogP contribution is -2.10. The number of hydrogen-bond donors (Lipinski definition) is 0. The first-order chi connectivity index (χ1) is 21.4. The fourth-order valence-electron chi connectivity index (χ4n) is 3.40. The third-order valence-electron chi connectivity index (χ3n) is 6.39.